The van der Waals surface area contributed by atoms with Crippen molar-refractivity contribution >= 4 is 17.2 Å². The Hall–Kier alpha value is -0.980. The van der Waals surface area contributed by atoms with Gasteiger partial charge in [-0.1, -0.05) is 13.3 Å². The van der Waals surface area contributed by atoms with Crippen LogP contribution in [-0.4, -0.2) is 58.6 Å². The molecule has 1 saturated carbocycles. The van der Waals surface area contributed by atoms with E-state index in [9.17, 15) is 9.90 Å². The maximum absolute atomic E-state index is 12.7. The fourth-order valence-electron chi connectivity index (χ4n) is 3.52. The van der Waals surface area contributed by atoms with Crippen molar-refractivity contribution in [3.8, 4) is 0 Å². The number of amides is 1. The smallest absolute Gasteiger partial charge is 0.273 e. The zero-order chi connectivity index (χ0) is 15.9. The van der Waals surface area contributed by atoms with Gasteiger partial charge < -0.3 is 14.9 Å². The minimum absolute atomic E-state index is 0.0386. The van der Waals surface area contributed by atoms with Crippen LogP contribution in [0.2, 0.25) is 0 Å². The first-order valence-corrected chi connectivity index (χ1v) is 8.89. The van der Waals surface area contributed by atoms with Gasteiger partial charge in [0.15, 0.2) is 0 Å². The number of carbonyl (C=O) groups excluding carboxylic acids is 1. The van der Waals surface area contributed by atoms with E-state index in [0.29, 0.717) is 24.7 Å². The Bertz CT molecular complexity index is 555. The summed E-state index contributed by atoms with van der Waals surface area (Å²) in [6.07, 6.45) is 3.38. The predicted molar refractivity (Wildman–Crippen MR) is 86.9 cm³/mol. The molecule has 2 atom stereocenters. The van der Waals surface area contributed by atoms with Crippen molar-refractivity contribution in [2.45, 2.75) is 38.3 Å². The van der Waals surface area contributed by atoms with Crippen LogP contribution < -0.4 is 0 Å². The number of carbonyl (C=O) groups is 1. The Labute approximate surface area is 135 Å². The van der Waals surface area contributed by atoms with Crippen LogP contribution in [-0.2, 0) is 6.54 Å². The first-order chi connectivity index (χ1) is 10.4. The topological polar surface area (TPSA) is 56.7 Å². The lowest BCUT2D eigenvalue weighted by molar-refractivity contribution is -0.0660. The van der Waals surface area contributed by atoms with Crippen molar-refractivity contribution in [3.63, 3.8) is 0 Å². The van der Waals surface area contributed by atoms with E-state index >= 15 is 0 Å². The van der Waals surface area contributed by atoms with Gasteiger partial charge in [0.1, 0.15) is 10.7 Å². The summed E-state index contributed by atoms with van der Waals surface area (Å²) in [5, 5.41) is 13.7. The largest absolute Gasteiger partial charge is 0.387 e. The molecular formula is C16H25N3O2S. The fraction of sp³-hybridized carbons (Fsp3) is 0.750. The molecule has 3 rings (SSSR count). The van der Waals surface area contributed by atoms with Crippen LogP contribution in [0.15, 0.2) is 5.38 Å². The average molecular weight is 323 g/mol. The number of nitrogens with zero attached hydrogens (tertiary/aromatic N) is 3. The number of thiazole rings is 1. The molecule has 0 spiro atoms. The second-order valence-corrected chi connectivity index (χ2v) is 8.01. The monoisotopic (exact) mass is 323 g/mol. The van der Waals surface area contributed by atoms with E-state index in [1.165, 1.54) is 17.8 Å². The van der Waals surface area contributed by atoms with Crippen LogP contribution >= 0.6 is 11.3 Å². The van der Waals surface area contributed by atoms with Gasteiger partial charge in [0.2, 0.25) is 0 Å². The van der Waals surface area contributed by atoms with E-state index < -0.39 is 5.60 Å². The molecule has 1 saturated heterocycles. The van der Waals surface area contributed by atoms with Gasteiger partial charge in [-0.2, -0.15) is 0 Å². The third-order valence-electron chi connectivity index (χ3n) is 5.11. The van der Waals surface area contributed by atoms with Crippen molar-refractivity contribution < 1.29 is 9.90 Å². The van der Waals surface area contributed by atoms with Crippen molar-refractivity contribution in [2.24, 2.45) is 11.8 Å². The molecule has 6 heteroatoms. The molecule has 5 nitrogen and oxygen atoms in total. The highest BCUT2D eigenvalue weighted by Crippen LogP contribution is 2.44. The molecule has 2 aliphatic rings. The molecule has 2 fully saturated rings. The standard InChI is InChI=1S/C16H25N3O2S/c1-11-7-19(10-16(11,21)12-5-4-6-12)15(20)13-9-22-14(17-13)8-18(2)3/h9,11-12,21H,4-8,10H2,1-3H3/t11-,16+/m1/s1. The summed E-state index contributed by atoms with van der Waals surface area (Å²) in [5.74, 6) is 0.463. The van der Waals surface area contributed by atoms with Crippen molar-refractivity contribution in [3.05, 3.63) is 16.1 Å². The molecule has 1 aromatic heterocycles. The van der Waals surface area contributed by atoms with Gasteiger partial charge in [-0.15, -0.1) is 11.3 Å². The number of aromatic nitrogens is 1. The zero-order valence-corrected chi connectivity index (χ0v) is 14.4. The Morgan fingerprint density at radius 2 is 2.27 bits per heavy atom. The third-order valence-corrected chi connectivity index (χ3v) is 5.95. The lowest BCUT2D eigenvalue weighted by Crippen LogP contribution is -2.48. The van der Waals surface area contributed by atoms with Gasteiger partial charge in [0, 0.05) is 24.4 Å². The highest BCUT2D eigenvalue weighted by Gasteiger charge is 2.51. The number of hydrogen-bond donors (Lipinski definition) is 1. The highest BCUT2D eigenvalue weighted by molar-refractivity contribution is 7.09. The zero-order valence-electron chi connectivity index (χ0n) is 13.6. The number of aliphatic hydroxyl groups is 1. The Morgan fingerprint density at radius 1 is 1.55 bits per heavy atom. The number of rotatable bonds is 4. The molecule has 22 heavy (non-hydrogen) atoms. The first-order valence-electron chi connectivity index (χ1n) is 8.01. The molecule has 1 aliphatic heterocycles. The molecule has 1 amide bonds. The lowest BCUT2D eigenvalue weighted by atomic mass is 9.69. The average Bonchev–Trinajstić information content (AvgIpc) is 2.92. The summed E-state index contributed by atoms with van der Waals surface area (Å²) in [4.78, 5) is 20.9. The molecule has 0 bridgehead atoms. The summed E-state index contributed by atoms with van der Waals surface area (Å²) in [6.45, 7) is 3.90. The van der Waals surface area contributed by atoms with E-state index in [1.807, 2.05) is 24.4 Å². The predicted octanol–water partition coefficient (Wildman–Crippen LogP) is 1.83. The Kier molecular flexibility index (Phi) is 4.27. The van der Waals surface area contributed by atoms with Gasteiger partial charge in [-0.25, -0.2) is 4.98 Å². The summed E-state index contributed by atoms with van der Waals surface area (Å²) < 4.78 is 0. The minimum Gasteiger partial charge on any atom is -0.387 e. The molecule has 1 aliphatic carbocycles. The van der Waals surface area contributed by atoms with E-state index in [4.69, 9.17) is 0 Å². The summed E-state index contributed by atoms with van der Waals surface area (Å²) in [6, 6.07) is 0. The maximum atomic E-state index is 12.7. The van der Waals surface area contributed by atoms with Crippen LogP contribution in [0.5, 0.6) is 0 Å². The quantitative estimate of drug-likeness (QED) is 0.918. The van der Waals surface area contributed by atoms with Gasteiger partial charge in [0.05, 0.1) is 12.1 Å². The molecular weight excluding hydrogens is 298 g/mol. The maximum Gasteiger partial charge on any atom is 0.273 e. The van der Waals surface area contributed by atoms with Crippen LogP contribution in [0.3, 0.4) is 0 Å². The van der Waals surface area contributed by atoms with Crippen LogP contribution in [0.25, 0.3) is 0 Å². The van der Waals surface area contributed by atoms with Crippen molar-refractivity contribution in [1.82, 2.24) is 14.8 Å². The normalized spacial score (nSPS) is 29.1. The van der Waals surface area contributed by atoms with Gasteiger partial charge >= 0.3 is 0 Å². The lowest BCUT2D eigenvalue weighted by Gasteiger charge is -2.41. The number of likely N-dealkylation sites (tertiary alicyclic amines) is 1. The molecule has 1 N–H and O–H groups in total. The first kappa shape index (κ1) is 15.9. The summed E-state index contributed by atoms with van der Waals surface area (Å²) in [7, 11) is 3.98. The van der Waals surface area contributed by atoms with Gasteiger partial charge in [-0.05, 0) is 32.9 Å². The third kappa shape index (κ3) is 2.79. The molecule has 2 heterocycles. The number of hydrogen-bond acceptors (Lipinski definition) is 5. The fourth-order valence-corrected chi connectivity index (χ4v) is 4.41. The number of β-amino-alcohol motifs (C(OH)–C–C–N with tert-alkyl or cyclic N) is 1. The molecule has 122 valence electrons. The van der Waals surface area contributed by atoms with Gasteiger partial charge in [-0.3, -0.25) is 4.79 Å². The van der Waals surface area contributed by atoms with E-state index in [2.05, 4.69) is 11.9 Å². The van der Waals surface area contributed by atoms with Crippen molar-refractivity contribution in [1.29, 1.82) is 0 Å². The van der Waals surface area contributed by atoms with E-state index in [1.54, 1.807) is 4.90 Å². The minimum atomic E-state index is -0.698. The van der Waals surface area contributed by atoms with Crippen LogP contribution in [0.1, 0.15) is 41.7 Å². The van der Waals surface area contributed by atoms with Crippen molar-refractivity contribution in [2.75, 3.05) is 27.2 Å². The van der Waals surface area contributed by atoms with Gasteiger partial charge in [0.25, 0.3) is 5.91 Å². The Morgan fingerprint density at radius 3 is 2.86 bits per heavy atom. The molecule has 0 aromatic carbocycles. The summed E-state index contributed by atoms with van der Waals surface area (Å²) in [5.41, 5.74) is -0.178. The van der Waals surface area contributed by atoms with Crippen LogP contribution in [0, 0.1) is 11.8 Å². The van der Waals surface area contributed by atoms with Crippen LogP contribution in [0.4, 0.5) is 0 Å². The SMILES string of the molecule is C[C@@H]1CN(C(=O)c2csc(CN(C)C)n2)C[C@@]1(O)C1CCC1. The van der Waals surface area contributed by atoms with E-state index in [0.717, 1.165) is 24.4 Å². The molecule has 1 aromatic rings. The second kappa shape index (κ2) is 5.91. The Balaban J connectivity index is 1.69. The highest BCUT2D eigenvalue weighted by atomic mass is 32.1. The van der Waals surface area contributed by atoms with E-state index in [-0.39, 0.29) is 11.8 Å². The molecule has 0 unspecified atom stereocenters. The second-order valence-electron chi connectivity index (χ2n) is 7.07. The molecule has 0 radical (unpaired) electrons. The summed E-state index contributed by atoms with van der Waals surface area (Å²) >= 11 is 1.52.